The van der Waals surface area contributed by atoms with Crippen molar-refractivity contribution >= 4 is 114 Å². The Morgan fingerprint density at radius 3 is 0.875 bits per heavy atom. The number of aryl methyl sites for hydroxylation is 4. The van der Waals surface area contributed by atoms with E-state index in [-0.39, 0.29) is 20.5 Å². The Balaban J connectivity index is 1.29. The summed E-state index contributed by atoms with van der Waals surface area (Å²) in [5.41, 5.74) is 14.2. The second-order valence-electron chi connectivity index (χ2n) is 17.2. The van der Waals surface area contributed by atoms with E-state index in [1.165, 1.54) is 47.0 Å². The van der Waals surface area contributed by atoms with E-state index in [0.29, 0.717) is 49.2 Å². The average molecular weight is 1030 g/mol. The van der Waals surface area contributed by atoms with Crippen LogP contribution in [-0.2, 0) is 45.4 Å². The standard InChI is InChI=1S/C56H53N8O4S4/c1-37(65)69-33-29-61-21-13-41(14-22-61)53-45-5-7-47(57-45)54(42-15-23-62(24-16-42)30-34-70-38(2)66)49-9-11-51(59-49)56(44-19-27-64(28-20-44)32-36-72-40(4)68)52-12-10-50(60-52)55(48-8-6-46(53)58-48)43-17-25-63(26-18-43)31-35-71-39(3)67/h5-28H,29-36H2,1-4H3,(H,57,58,59,60)/q+3/p+1. The maximum atomic E-state index is 11.7. The molecule has 0 aromatic carbocycles. The zero-order valence-corrected chi connectivity index (χ0v) is 43.7. The molecule has 2 aliphatic rings. The van der Waals surface area contributed by atoms with Crippen LogP contribution in [0.4, 0.5) is 0 Å². The van der Waals surface area contributed by atoms with Gasteiger partial charge in [0.2, 0.25) is 0 Å². The van der Waals surface area contributed by atoms with Gasteiger partial charge in [-0.1, -0.05) is 47.0 Å². The number of H-pyrrole nitrogens is 2. The molecule has 0 radical (unpaired) electrons. The number of hydrogen-bond donors (Lipinski definition) is 2. The topological polar surface area (TPSA) is 141 Å². The number of pyridine rings is 4. The summed E-state index contributed by atoms with van der Waals surface area (Å²) in [6.45, 7) is 9.16. The van der Waals surface area contributed by atoms with E-state index in [9.17, 15) is 19.2 Å². The highest BCUT2D eigenvalue weighted by molar-refractivity contribution is 8.14. The molecule has 7 aromatic rings. The molecule has 0 saturated carbocycles. The molecular formula is C56H54N8O4S4+4. The molecule has 2 aliphatic heterocycles. The first-order valence-electron chi connectivity index (χ1n) is 23.6. The number of fused-ring (bicyclic) bond motifs is 8. The van der Waals surface area contributed by atoms with Crippen molar-refractivity contribution in [1.29, 1.82) is 0 Å². The first kappa shape index (κ1) is 50.2. The number of nitrogens with one attached hydrogen (secondary N) is 2. The van der Waals surface area contributed by atoms with Gasteiger partial charge < -0.3 is 9.97 Å². The zero-order valence-electron chi connectivity index (χ0n) is 40.5. The molecule has 9 heterocycles. The molecule has 0 fully saturated rings. The lowest BCUT2D eigenvalue weighted by Gasteiger charge is -2.07. The highest BCUT2D eigenvalue weighted by Crippen LogP contribution is 2.38. The van der Waals surface area contributed by atoms with Crippen LogP contribution in [0.25, 0.3) is 90.9 Å². The third-order valence-electron chi connectivity index (χ3n) is 12.1. The Kier molecular flexibility index (Phi) is 16.2. The van der Waals surface area contributed by atoms with Crippen LogP contribution in [0.1, 0.15) is 50.5 Å². The first-order chi connectivity index (χ1) is 34.9. The van der Waals surface area contributed by atoms with Crippen molar-refractivity contribution in [1.82, 2.24) is 19.9 Å². The van der Waals surface area contributed by atoms with Gasteiger partial charge in [0.25, 0.3) is 0 Å². The summed E-state index contributed by atoms with van der Waals surface area (Å²) in [6, 6.07) is 25.3. The van der Waals surface area contributed by atoms with Crippen LogP contribution in [0.5, 0.6) is 0 Å². The normalized spacial score (nSPS) is 11.8. The summed E-state index contributed by atoms with van der Waals surface area (Å²) in [5.74, 6) is 2.72. The fourth-order valence-electron chi connectivity index (χ4n) is 8.69. The fourth-order valence-corrected chi connectivity index (χ4v) is 11.1. The number of rotatable bonds is 16. The van der Waals surface area contributed by atoms with Gasteiger partial charge in [-0.3, -0.25) is 19.2 Å². The average Bonchev–Trinajstić information content (AvgIpc) is 4.22. The lowest BCUT2D eigenvalue weighted by atomic mass is 10.0. The number of thioether (sulfide) groups is 4. The van der Waals surface area contributed by atoms with E-state index < -0.39 is 0 Å². The summed E-state index contributed by atoms with van der Waals surface area (Å²) in [7, 11) is 0. The molecular weight excluding hydrogens is 977 g/mol. The number of carbonyl (C=O) groups excluding carboxylic acids is 4. The number of aromatic nitrogens is 8. The molecule has 0 aliphatic carbocycles. The van der Waals surface area contributed by atoms with Crippen molar-refractivity contribution in [2.45, 2.75) is 53.9 Å². The molecule has 0 unspecified atom stereocenters. The highest BCUT2D eigenvalue weighted by Gasteiger charge is 2.22. The predicted octanol–water partition coefficient (Wildman–Crippen LogP) is 9.59. The van der Waals surface area contributed by atoms with Crippen LogP contribution in [-0.4, -0.2) is 63.4 Å². The molecule has 0 saturated heterocycles. The van der Waals surface area contributed by atoms with Crippen molar-refractivity contribution in [2.75, 3.05) is 23.0 Å². The second-order valence-corrected chi connectivity index (χ2v) is 22.2. The van der Waals surface area contributed by atoms with Gasteiger partial charge in [-0.2, -0.15) is 0 Å². The van der Waals surface area contributed by atoms with Crippen molar-refractivity contribution < 1.29 is 37.4 Å². The van der Waals surface area contributed by atoms with Crippen molar-refractivity contribution in [3.63, 3.8) is 0 Å². The van der Waals surface area contributed by atoms with E-state index in [1.54, 1.807) is 27.7 Å². The number of carbonyl (C=O) groups is 4. The minimum Gasteiger partial charge on any atom is -0.354 e. The fraction of sp³-hybridized carbons (Fsp3) is 0.214. The SMILES string of the molecule is CC(=O)SCC[n+]1ccc(-c2c3nc(c(-c4cc[n+](CCSC(C)=O)cc4)c4ccc([nH]4)c(-c4cc[n+](CCSC(C)=O)cc4)c4ccc([nH]4)c(-c4cc[n+](CCSC(C)=O)cc4)c4nc2C=C4)C=C3)cc1. The van der Waals surface area contributed by atoms with E-state index >= 15 is 0 Å². The molecule has 8 bridgehead atoms. The number of hydrogen-bond acceptors (Lipinski definition) is 10. The van der Waals surface area contributed by atoms with E-state index in [1.807, 2.05) is 12.4 Å². The van der Waals surface area contributed by atoms with Gasteiger partial charge in [-0.05, 0) is 70.8 Å². The maximum absolute atomic E-state index is 11.7. The number of aromatic amines is 2. The van der Waals surface area contributed by atoms with Crippen LogP contribution < -0.4 is 18.3 Å². The zero-order chi connectivity index (χ0) is 50.1. The second kappa shape index (κ2) is 23.2. The Hall–Kier alpha value is -6.72. The summed E-state index contributed by atoms with van der Waals surface area (Å²) in [6.07, 6.45) is 24.7. The quantitative estimate of drug-likeness (QED) is 0.0900. The van der Waals surface area contributed by atoms with E-state index in [0.717, 1.165) is 89.4 Å². The molecule has 0 atom stereocenters. The number of nitrogens with zero attached hydrogens (tertiary/aromatic N) is 6. The molecule has 362 valence electrons. The van der Waals surface area contributed by atoms with Crippen LogP contribution in [0.3, 0.4) is 0 Å². The summed E-state index contributed by atoms with van der Waals surface area (Å²) in [4.78, 5) is 65.5. The van der Waals surface area contributed by atoms with Gasteiger partial charge >= 0.3 is 0 Å². The van der Waals surface area contributed by atoms with Gasteiger partial charge in [-0.15, -0.1) is 0 Å². The third kappa shape index (κ3) is 12.3. The Labute approximate surface area is 435 Å². The van der Waals surface area contributed by atoms with Gasteiger partial charge in [0.15, 0.2) is 96.2 Å². The largest absolute Gasteiger partial charge is 0.354 e. The molecule has 0 amide bonds. The third-order valence-corrected chi connectivity index (χ3v) is 15.3. The van der Waals surface area contributed by atoms with Crippen molar-refractivity contribution in [2.24, 2.45) is 0 Å². The maximum Gasteiger partial charge on any atom is 0.186 e. The van der Waals surface area contributed by atoms with Gasteiger partial charge in [0.05, 0.1) is 45.8 Å². The smallest absolute Gasteiger partial charge is 0.186 e. The Morgan fingerprint density at radius 1 is 0.361 bits per heavy atom. The summed E-state index contributed by atoms with van der Waals surface area (Å²) >= 11 is 5.28. The first-order valence-corrected chi connectivity index (χ1v) is 27.6. The van der Waals surface area contributed by atoms with Crippen LogP contribution >= 0.6 is 47.0 Å². The summed E-state index contributed by atoms with van der Waals surface area (Å²) < 4.78 is 8.37. The lowest BCUT2D eigenvalue weighted by Crippen LogP contribution is -2.33. The Bertz CT molecular complexity index is 3260. The molecule has 16 heteroatoms. The van der Waals surface area contributed by atoms with Crippen LogP contribution in [0.2, 0.25) is 0 Å². The van der Waals surface area contributed by atoms with Crippen molar-refractivity contribution in [3.05, 3.63) is 145 Å². The molecule has 2 N–H and O–H groups in total. The monoisotopic (exact) mass is 1030 g/mol. The van der Waals surface area contributed by atoms with Crippen LogP contribution in [0, 0.1) is 0 Å². The van der Waals surface area contributed by atoms with Crippen LogP contribution in [0.15, 0.2) is 122 Å². The van der Waals surface area contributed by atoms with Gasteiger partial charge in [0.1, 0.15) is 0 Å². The molecule has 9 rings (SSSR count). The van der Waals surface area contributed by atoms with E-state index in [4.69, 9.17) is 9.97 Å². The highest BCUT2D eigenvalue weighted by atomic mass is 32.2. The molecule has 12 nitrogen and oxygen atoms in total. The van der Waals surface area contributed by atoms with E-state index in [2.05, 4.69) is 163 Å². The summed E-state index contributed by atoms with van der Waals surface area (Å²) in [5, 5.41) is 0.402. The minimum absolute atomic E-state index is 0.0986. The molecule has 7 aromatic heterocycles. The van der Waals surface area contributed by atoms with Gasteiger partial charge in [-0.25, -0.2) is 28.2 Å². The van der Waals surface area contributed by atoms with Gasteiger partial charge in [0, 0.05) is 121 Å². The van der Waals surface area contributed by atoms with Crippen molar-refractivity contribution in [3.8, 4) is 44.5 Å². The lowest BCUT2D eigenvalue weighted by molar-refractivity contribution is -0.692. The minimum atomic E-state index is 0.0986. The Morgan fingerprint density at radius 2 is 0.597 bits per heavy atom. The molecule has 72 heavy (non-hydrogen) atoms. The predicted molar refractivity (Wildman–Crippen MR) is 294 cm³/mol. The molecule has 0 spiro atoms.